The Hall–Kier alpha value is -2.61. The molecular weight excluding hydrogens is 372 g/mol. The Morgan fingerprint density at radius 1 is 1.17 bits per heavy atom. The number of benzene rings is 2. The van der Waals surface area contributed by atoms with Gasteiger partial charge in [0.15, 0.2) is 5.75 Å². The molecule has 3 atom stereocenters. The van der Waals surface area contributed by atoms with Gasteiger partial charge < -0.3 is 20.0 Å². The summed E-state index contributed by atoms with van der Waals surface area (Å²) in [4.78, 5) is 22.5. The molecule has 0 aliphatic carbocycles. The zero-order valence-corrected chi connectivity index (χ0v) is 16.8. The van der Waals surface area contributed by atoms with Gasteiger partial charge >= 0.3 is 0 Å². The summed E-state index contributed by atoms with van der Waals surface area (Å²) in [5.74, 6) is 1.01. The Labute approximate surface area is 170 Å². The third-order valence-corrected chi connectivity index (χ3v) is 4.82. The van der Waals surface area contributed by atoms with Gasteiger partial charge in [-0.3, -0.25) is 10.1 Å². The van der Waals surface area contributed by atoms with Crippen LogP contribution in [0.2, 0.25) is 0 Å². The molecule has 7 nitrogen and oxygen atoms in total. The summed E-state index contributed by atoms with van der Waals surface area (Å²) in [6.07, 6.45) is -0.307. The highest BCUT2D eigenvalue weighted by atomic mass is 17.2. The minimum absolute atomic E-state index is 0.0694. The molecule has 0 bridgehead atoms. The van der Waals surface area contributed by atoms with Gasteiger partial charge in [-0.2, -0.15) is 4.89 Å². The number of amides is 1. The van der Waals surface area contributed by atoms with Crippen LogP contribution >= 0.6 is 0 Å². The third-order valence-electron chi connectivity index (χ3n) is 4.82. The van der Waals surface area contributed by atoms with Crippen LogP contribution in [0.25, 0.3) is 0 Å². The lowest BCUT2D eigenvalue weighted by molar-refractivity contribution is -0.215. The molecule has 1 aliphatic rings. The van der Waals surface area contributed by atoms with Crippen molar-refractivity contribution in [3.05, 3.63) is 59.7 Å². The van der Waals surface area contributed by atoms with Crippen LogP contribution in [0.15, 0.2) is 48.5 Å². The van der Waals surface area contributed by atoms with E-state index in [9.17, 15) is 9.90 Å². The molecule has 1 aliphatic heterocycles. The molecule has 0 spiro atoms. The summed E-state index contributed by atoms with van der Waals surface area (Å²) in [5.41, 5.74) is 1.90. The maximum absolute atomic E-state index is 12.4. The zero-order chi connectivity index (χ0) is 20.6. The number of carbonyl (C=O) groups is 1. The molecule has 0 aromatic heterocycles. The quantitative estimate of drug-likeness (QED) is 0.442. The van der Waals surface area contributed by atoms with Crippen molar-refractivity contribution in [2.75, 3.05) is 19.8 Å². The molecule has 1 amide bonds. The number of fused-ring (bicyclic) bond motifs is 1. The average Bonchev–Trinajstić information content (AvgIpc) is 2.76. The van der Waals surface area contributed by atoms with Crippen LogP contribution in [0.1, 0.15) is 30.9 Å². The van der Waals surface area contributed by atoms with Gasteiger partial charge in [0, 0.05) is 18.5 Å². The largest absolute Gasteiger partial charge is 0.490 e. The van der Waals surface area contributed by atoms with Gasteiger partial charge in [0.05, 0.1) is 18.7 Å². The van der Waals surface area contributed by atoms with E-state index in [1.807, 2.05) is 62.4 Å². The van der Waals surface area contributed by atoms with E-state index >= 15 is 0 Å². The zero-order valence-electron chi connectivity index (χ0n) is 16.8. The second kappa shape index (κ2) is 10.2. The molecule has 3 N–H and O–H groups in total. The van der Waals surface area contributed by atoms with E-state index in [0.717, 1.165) is 11.1 Å². The first-order valence-corrected chi connectivity index (χ1v) is 9.85. The van der Waals surface area contributed by atoms with Crippen molar-refractivity contribution in [1.29, 1.82) is 0 Å². The first-order valence-electron chi connectivity index (χ1n) is 9.85. The van der Waals surface area contributed by atoms with Crippen molar-refractivity contribution in [1.82, 2.24) is 10.6 Å². The van der Waals surface area contributed by atoms with Gasteiger partial charge in [0.1, 0.15) is 18.5 Å². The predicted octanol–water partition coefficient (Wildman–Crippen LogP) is 2.15. The molecule has 29 heavy (non-hydrogen) atoms. The van der Waals surface area contributed by atoms with Gasteiger partial charge in [-0.25, -0.2) is 0 Å². The number of nitrogens with one attached hydrogen (secondary N) is 2. The van der Waals surface area contributed by atoms with Crippen LogP contribution in [0.5, 0.6) is 11.5 Å². The van der Waals surface area contributed by atoms with Gasteiger partial charge in [-0.1, -0.05) is 36.4 Å². The number of hydrogen-bond donors (Lipinski definition) is 3. The summed E-state index contributed by atoms with van der Waals surface area (Å²) in [6, 6.07) is 15.1. The molecule has 0 saturated carbocycles. The van der Waals surface area contributed by atoms with Gasteiger partial charge in [-0.15, -0.1) is 0 Å². The summed E-state index contributed by atoms with van der Waals surface area (Å²) >= 11 is 0. The highest BCUT2D eigenvalue weighted by Crippen LogP contribution is 2.31. The maximum Gasteiger partial charge on any atom is 0.228 e. The standard InChI is InChI=1S/C22H28N2O5/c1-15(17-7-4-3-5-8-17)22(26)24-16(2)23-13-18(25)14-27-20-9-6-10-21-19(20)11-12-28-29-21/h3-10,15-16,18,23,25H,11-14H2,1-2H3,(H,24,26). The fraction of sp³-hybridized carbons (Fsp3) is 0.409. The molecule has 3 rings (SSSR count). The molecule has 7 heteroatoms. The van der Waals surface area contributed by atoms with E-state index in [1.165, 1.54) is 0 Å². The Morgan fingerprint density at radius 3 is 2.76 bits per heavy atom. The highest BCUT2D eigenvalue weighted by molar-refractivity contribution is 5.83. The molecule has 2 aromatic rings. The summed E-state index contributed by atoms with van der Waals surface area (Å²) in [6.45, 7) is 4.60. The van der Waals surface area contributed by atoms with E-state index in [-0.39, 0.29) is 31.1 Å². The Morgan fingerprint density at radius 2 is 1.97 bits per heavy atom. The normalized spacial score (nSPS) is 16.1. The van der Waals surface area contributed by atoms with Crippen molar-refractivity contribution in [3.63, 3.8) is 0 Å². The minimum atomic E-state index is -0.725. The van der Waals surface area contributed by atoms with Crippen LogP contribution in [0.3, 0.4) is 0 Å². The SMILES string of the molecule is CC(NCC(O)COc1cccc2c1CCOO2)NC(=O)C(C)c1ccccc1. The first kappa shape index (κ1) is 21.1. The number of aliphatic hydroxyl groups excluding tert-OH is 1. The van der Waals surface area contributed by atoms with Crippen LogP contribution in [-0.4, -0.2) is 43.0 Å². The number of hydrogen-bond acceptors (Lipinski definition) is 6. The molecule has 0 radical (unpaired) electrons. The summed E-state index contributed by atoms with van der Waals surface area (Å²) in [5, 5.41) is 16.3. The molecule has 0 fully saturated rings. The third kappa shape index (κ3) is 5.93. The van der Waals surface area contributed by atoms with E-state index in [0.29, 0.717) is 24.5 Å². The fourth-order valence-corrected chi connectivity index (χ4v) is 3.09. The molecule has 156 valence electrons. The Balaban J connectivity index is 1.41. The van der Waals surface area contributed by atoms with Gasteiger partial charge in [0.2, 0.25) is 5.91 Å². The number of rotatable bonds is 9. The smallest absolute Gasteiger partial charge is 0.228 e. The summed E-state index contributed by atoms with van der Waals surface area (Å²) in [7, 11) is 0. The summed E-state index contributed by atoms with van der Waals surface area (Å²) < 4.78 is 5.76. The lowest BCUT2D eigenvalue weighted by atomic mass is 10.0. The van der Waals surface area contributed by atoms with Crippen molar-refractivity contribution in [2.45, 2.75) is 38.5 Å². The van der Waals surface area contributed by atoms with Crippen molar-refractivity contribution in [2.24, 2.45) is 0 Å². The Bertz CT molecular complexity index is 799. The molecule has 2 aromatic carbocycles. The Kier molecular flexibility index (Phi) is 7.46. The lowest BCUT2D eigenvalue weighted by Crippen LogP contribution is -2.47. The maximum atomic E-state index is 12.4. The fourth-order valence-electron chi connectivity index (χ4n) is 3.09. The molecule has 0 saturated heterocycles. The monoisotopic (exact) mass is 400 g/mol. The van der Waals surface area contributed by atoms with Crippen molar-refractivity contribution >= 4 is 5.91 Å². The number of aliphatic hydroxyl groups is 1. The van der Waals surface area contributed by atoms with Crippen LogP contribution < -0.4 is 20.3 Å². The number of carbonyl (C=O) groups excluding carboxylic acids is 1. The van der Waals surface area contributed by atoms with E-state index in [2.05, 4.69) is 10.6 Å². The van der Waals surface area contributed by atoms with Crippen LogP contribution in [0.4, 0.5) is 0 Å². The molecule has 3 unspecified atom stereocenters. The topological polar surface area (TPSA) is 89.1 Å². The van der Waals surface area contributed by atoms with Crippen LogP contribution in [0, 0.1) is 0 Å². The van der Waals surface area contributed by atoms with Crippen molar-refractivity contribution < 1.29 is 24.4 Å². The number of ether oxygens (including phenoxy) is 1. The van der Waals surface area contributed by atoms with E-state index < -0.39 is 6.10 Å². The first-order chi connectivity index (χ1) is 14.0. The average molecular weight is 400 g/mol. The van der Waals surface area contributed by atoms with Crippen LogP contribution in [-0.2, 0) is 16.1 Å². The van der Waals surface area contributed by atoms with Gasteiger partial charge in [-0.05, 0) is 31.5 Å². The molecule has 1 heterocycles. The van der Waals surface area contributed by atoms with Crippen molar-refractivity contribution in [3.8, 4) is 11.5 Å². The highest BCUT2D eigenvalue weighted by Gasteiger charge is 2.19. The van der Waals surface area contributed by atoms with E-state index in [4.69, 9.17) is 14.5 Å². The second-order valence-corrected chi connectivity index (χ2v) is 7.12. The molecular formula is C22H28N2O5. The van der Waals surface area contributed by atoms with E-state index in [1.54, 1.807) is 0 Å². The second-order valence-electron chi connectivity index (χ2n) is 7.12. The van der Waals surface area contributed by atoms with Gasteiger partial charge in [0.25, 0.3) is 0 Å². The lowest BCUT2D eigenvalue weighted by Gasteiger charge is -2.22. The minimum Gasteiger partial charge on any atom is -0.490 e. The predicted molar refractivity (Wildman–Crippen MR) is 109 cm³/mol.